The molecule has 0 bridgehead atoms. The zero-order valence-electron chi connectivity index (χ0n) is 9.97. The predicted octanol–water partition coefficient (Wildman–Crippen LogP) is -0.748. The Morgan fingerprint density at radius 2 is 1.88 bits per heavy atom. The lowest BCUT2D eigenvalue weighted by Gasteiger charge is -2.30. The van der Waals surface area contributed by atoms with Gasteiger partial charge in [0.05, 0.1) is 5.75 Å². The van der Waals surface area contributed by atoms with Crippen LogP contribution in [0.5, 0.6) is 0 Å². The van der Waals surface area contributed by atoms with Gasteiger partial charge in [-0.2, -0.15) is 0 Å². The number of hydrogen-bond acceptors (Lipinski definition) is 4. The Labute approximate surface area is 102 Å². The Morgan fingerprint density at radius 1 is 1.29 bits per heavy atom. The van der Waals surface area contributed by atoms with Crippen LogP contribution in [0.1, 0.15) is 25.7 Å². The van der Waals surface area contributed by atoms with Crippen molar-refractivity contribution in [2.24, 2.45) is 17.4 Å². The van der Waals surface area contributed by atoms with Gasteiger partial charge in [0.25, 0.3) is 0 Å². The Balaban J connectivity index is 2.43. The van der Waals surface area contributed by atoms with Crippen LogP contribution < -0.4 is 11.5 Å². The van der Waals surface area contributed by atoms with Crippen LogP contribution in [-0.2, 0) is 14.8 Å². The first-order valence-corrected chi connectivity index (χ1v) is 7.53. The van der Waals surface area contributed by atoms with Crippen LogP contribution >= 0.6 is 0 Å². The minimum absolute atomic E-state index is 0.115. The van der Waals surface area contributed by atoms with Crippen LogP contribution in [0, 0.1) is 5.92 Å². The first-order valence-electron chi connectivity index (χ1n) is 5.92. The summed E-state index contributed by atoms with van der Waals surface area (Å²) >= 11 is 0. The summed E-state index contributed by atoms with van der Waals surface area (Å²) in [4.78, 5) is 10.8. The van der Waals surface area contributed by atoms with Crippen LogP contribution in [0.25, 0.3) is 0 Å². The molecule has 17 heavy (non-hydrogen) atoms. The number of nitrogens with two attached hydrogens (primary N) is 2. The second kappa shape index (κ2) is 6.32. The second-order valence-corrected chi connectivity index (χ2v) is 6.56. The summed E-state index contributed by atoms with van der Waals surface area (Å²) in [6, 6.07) is 0. The third kappa shape index (κ3) is 4.61. The van der Waals surface area contributed by atoms with Crippen LogP contribution in [0.15, 0.2) is 0 Å². The van der Waals surface area contributed by atoms with Crippen LogP contribution in [0.2, 0.25) is 0 Å². The van der Waals surface area contributed by atoms with Gasteiger partial charge in [-0.1, -0.05) is 0 Å². The Hall–Kier alpha value is -0.660. The van der Waals surface area contributed by atoms with E-state index in [0.717, 1.165) is 0 Å². The molecule has 0 aliphatic carbocycles. The van der Waals surface area contributed by atoms with Crippen molar-refractivity contribution in [1.82, 2.24) is 4.31 Å². The van der Waals surface area contributed by atoms with E-state index in [9.17, 15) is 13.2 Å². The van der Waals surface area contributed by atoms with Crippen LogP contribution in [0.4, 0.5) is 0 Å². The number of primary amides is 1. The van der Waals surface area contributed by atoms with E-state index in [2.05, 4.69) is 0 Å². The van der Waals surface area contributed by atoms with Crippen LogP contribution in [0.3, 0.4) is 0 Å². The summed E-state index contributed by atoms with van der Waals surface area (Å²) in [5.41, 5.74) is 10.4. The molecule has 0 spiro atoms. The minimum atomic E-state index is -3.16. The highest BCUT2D eigenvalue weighted by atomic mass is 32.2. The molecule has 1 aliphatic rings. The molecule has 1 saturated heterocycles. The number of nitrogens with zero attached hydrogens (tertiary/aromatic N) is 1. The zero-order chi connectivity index (χ0) is 12.9. The van der Waals surface area contributed by atoms with E-state index in [-0.39, 0.29) is 17.6 Å². The van der Waals surface area contributed by atoms with Crippen molar-refractivity contribution in [3.05, 3.63) is 0 Å². The molecule has 7 heteroatoms. The summed E-state index contributed by atoms with van der Waals surface area (Å²) in [6.45, 7) is 1.37. The van der Waals surface area contributed by atoms with E-state index >= 15 is 0 Å². The molecular formula is C10H21N3O3S. The summed E-state index contributed by atoms with van der Waals surface area (Å²) in [6.07, 6.45) is 2.27. The number of amides is 1. The Bertz CT molecular complexity index is 348. The Morgan fingerprint density at radius 3 is 2.35 bits per heavy atom. The molecule has 1 heterocycles. The molecule has 0 atom stereocenters. The van der Waals surface area contributed by atoms with Gasteiger partial charge in [-0.15, -0.1) is 0 Å². The highest BCUT2D eigenvalue weighted by molar-refractivity contribution is 7.89. The third-order valence-corrected chi connectivity index (χ3v) is 5.02. The van der Waals surface area contributed by atoms with Gasteiger partial charge in [0.1, 0.15) is 0 Å². The van der Waals surface area contributed by atoms with Crippen molar-refractivity contribution in [3.8, 4) is 0 Å². The molecule has 1 amide bonds. The standard InChI is InChI=1S/C10H21N3O3S/c11-4-1-7-17(15,16)13-5-2-9(3-6-13)8-10(12)14/h9H,1-8,11H2,(H2,12,14). The van der Waals surface area contributed by atoms with E-state index in [0.29, 0.717) is 45.3 Å². The van der Waals surface area contributed by atoms with Crippen molar-refractivity contribution < 1.29 is 13.2 Å². The van der Waals surface area contributed by atoms with Gasteiger partial charge < -0.3 is 11.5 Å². The maximum atomic E-state index is 11.9. The second-order valence-electron chi connectivity index (χ2n) is 4.47. The van der Waals surface area contributed by atoms with Crippen molar-refractivity contribution in [1.29, 1.82) is 0 Å². The molecule has 6 nitrogen and oxygen atoms in total. The van der Waals surface area contributed by atoms with E-state index in [1.165, 1.54) is 4.31 Å². The number of carbonyl (C=O) groups excluding carboxylic acids is 1. The van der Waals surface area contributed by atoms with E-state index in [4.69, 9.17) is 11.5 Å². The van der Waals surface area contributed by atoms with Gasteiger partial charge in [-0.25, -0.2) is 12.7 Å². The number of sulfonamides is 1. The SMILES string of the molecule is NCCCS(=O)(=O)N1CCC(CC(N)=O)CC1. The highest BCUT2D eigenvalue weighted by Crippen LogP contribution is 2.22. The average molecular weight is 263 g/mol. The molecule has 100 valence electrons. The van der Waals surface area contributed by atoms with Gasteiger partial charge in [0.15, 0.2) is 0 Å². The van der Waals surface area contributed by atoms with Crippen LogP contribution in [-0.4, -0.2) is 44.0 Å². The molecule has 1 rings (SSSR count). The van der Waals surface area contributed by atoms with Gasteiger partial charge >= 0.3 is 0 Å². The van der Waals surface area contributed by atoms with Gasteiger partial charge in [-0.05, 0) is 31.7 Å². The average Bonchev–Trinajstić information content (AvgIpc) is 2.26. The minimum Gasteiger partial charge on any atom is -0.370 e. The topological polar surface area (TPSA) is 106 Å². The molecule has 1 fully saturated rings. The largest absolute Gasteiger partial charge is 0.370 e. The van der Waals surface area contributed by atoms with Gasteiger partial charge in [-0.3, -0.25) is 4.79 Å². The number of piperidine rings is 1. The fraction of sp³-hybridized carbons (Fsp3) is 0.900. The maximum absolute atomic E-state index is 11.9. The molecular weight excluding hydrogens is 242 g/mol. The molecule has 0 saturated carbocycles. The summed E-state index contributed by atoms with van der Waals surface area (Å²) in [5.74, 6) is 0.0344. The Kier molecular flexibility index (Phi) is 5.35. The van der Waals surface area contributed by atoms with E-state index < -0.39 is 10.0 Å². The lowest BCUT2D eigenvalue weighted by molar-refractivity contribution is -0.119. The maximum Gasteiger partial charge on any atom is 0.217 e. The lowest BCUT2D eigenvalue weighted by atomic mass is 9.94. The number of hydrogen-bond donors (Lipinski definition) is 2. The first-order chi connectivity index (χ1) is 7.95. The normalized spacial score (nSPS) is 19.4. The number of carbonyl (C=O) groups is 1. The quantitative estimate of drug-likeness (QED) is 0.657. The third-order valence-electron chi connectivity index (χ3n) is 3.06. The number of rotatable bonds is 6. The lowest BCUT2D eigenvalue weighted by Crippen LogP contribution is -2.40. The smallest absolute Gasteiger partial charge is 0.217 e. The molecule has 4 N–H and O–H groups in total. The highest BCUT2D eigenvalue weighted by Gasteiger charge is 2.27. The predicted molar refractivity (Wildman–Crippen MR) is 65.6 cm³/mol. The molecule has 0 aromatic heterocycles. The van der Waals surface area contributed by atoms with Crippen molar-refractivity contribution in [2.45, 2.75) is 25.7 Å². The molecule has 0 unspecified atom stereocenters. The molecule has 0 aromatic carbocycles. The summed E-state index contributed by atoms with van der Waals surface area (Å²) in [7, 11) is -3.16. The van der Waals surface area contributed by atoms with Gasteiger partial charge in [0.2, 0.25) is 15.9 Å². The summed E-state index contributed by atoms with van der Waals surface area (Å²) < 4.78 is 25.2. The van der Waals surface area contributed by atoms with E-state index in [1.807, 2.05) is 0 Å². The first kappa shape index (κ1) is 14.4. The zero-order valence-corrected chi connectivity index (χ0v) is 10.8. The molecule has 1 aliphatic heterocycles. The molecule has 0 radical (unpaired) electrons. The fourth-order valence-electron chi connectivity index (χ4n) is 2.07. The van der Waals surface area contributed by atoms with Gasteiger partial charge in [0, 0.05) is 19.5 Å². The van der Waals surface area contributed by atoms with E-state index in [1.54, 1.807) is 0 Å². The van der Waals surface area contributed by atoms with Crippen molar-refractivity contribution in [2.75, 3.05) is 25.4 Å². The fourth-order valence-corrected chi connectivity index (χ4v) is 3.63. The van der Waals surface area contributed by atoms with Crippen molar-refractivity contribution >= 4 is 15.9 Å². The molecule has 0 aromatic rings. The van der Waals surface area contributed by atoms with Crippen molar-refractivity contribution in [3.63, 3.8) is 0 Å². The summed E-state index contributed by atoms with van der Waals surface area (Å²) in [5, 5.41) is 0. The monoisotopic (exact) mass is 263 g/mol.